The lowest BCUT2D eigenvalue weighted by atomic mass is 10.0. The summed E-state index contributed by atoms with van der Waals surface area (Å²) in [5.74, 6) is -1.20. The Morgan fingerprint density at radius 2 is 1.77 bits per heavy atom. The minimum Gasteiger partial charge on any atom is -0.378 e. The van der Waals surface area contributed by atoms with Crippen molar-refractivity contribution < 1.29 is 18.7 Å². The lowest BCUT2D eigenvalue weighted by molar-refractivity contribution is -0.127. The molecule has 39 heavy (non-hydrogen) atoms. The number of rotatable bonds is 9. The third-order valence-corrected chi connectivity index (χ3v) is 6.84. The van der Waals surface area contributed by atoms with Crippen molar-refractivity contribution in [3.63, 3.8) is 0 Å². The number of para-hydroxylation sites is 1. The molecule has 0 saturated carbocycles. The van der Waals surface area contributed by atoms with Crippen molar-refractivity contribution in [3.05, 3.63) is 84.2 Å². The van der Waals surface area contributed by atoms with E-state index in [1.54, 1.807) is 0 Å². The summed E-state index contributed by atoms with van der Waals surface area (Å²) in [5.41, 5.74) is 3.31. The third kappa shape index (κ3) is 5.91. The van der Waals surface area contributed by atoms with Gasteiger partial charge >= 0.3 is 0 Å². The molecule has 9 nitrogen and oxygen atoms in total. The van der Waals surface area contributed by atoms with Crippen LogP contribution in [0.25, 0.3) is 11.0 Å². The van der Waals surface area contributed by atoms with Crippen LogP contribution in [0.2, 0.25) is 0 Å². The standard InChI is InChI=1S/C29H31FN6O3/c1-34(2)22-13-9-20(10-14-22)28(29(38)31-18-24-6-5-17-39-24)36(23-15-11-21(30)12-16-23)27(37)19-35-26-8-4-3-7-25(26)32-33-35/h3-4,7-16,24,28H,5-6,17-19H2,1-2H3,(H,31,38)/t24-,28-/m1/s1. The van der Waals surface area contributed by atoms with E-state index in [0.717, 1.165) is 18.5 Å². The van der Waals surface area contributed by atoms with Gasteiger partial charge in [0, 0.05) is 38.6 Å². The molecule has 3 aromatic carbocycles. The Morgan fingerprint density at radius 3 is 2.46 bits per heavy atom. The predicted octanol–water partition coefficient (Wildman–Crippen LogP) is 3.71. The molecule has 0 radical (unpaired) electrons. The molecule has 1 N–H and O–H groups in total. The van der Waals surface area contributed by atoms with Crippen LogP contribution >= 0.6 is 0 Å². The number of hydrogen-bond acceptors (Lipinski definition) is 6. The number of benzene rings is 3. The molecule has 202 valence electrons. The van der Waals surface area contributed by atoms with Crippen molar-refractivity contribution in [1.29, 1.82) is 0 Å². The largest absolute Gasteiger partial charge is 0.378 e. The number of nitrogens with one attached hydrogen (secondary N) is 1. The van der Waals surface area contributed by atoms with Crippen LogP contribution in [0.3, 0.4) is 0 Å². The maximum Gasteiger partial charge on any atom is 0.249 e. The first-order chi connectivity index (χ1) is 18.9. The van der Waals surface area contributed by atoms with E-state index in [-0.39, 0.29) is 18.6 Å². The molecular weight excluding hydrogens is 499 g/mol. The molecule has 0 unspecified atom stereocenters. The fourth-order valence-corrected chi connectivity index (χ4v) is 4.77. The van der Waals surface area contributed by atoms with E-state index in [4.69, 9.17) is 4.74 Å². The molecule has 1 aromatic heterocycles. The SMILES string of the molecule is CN(C)c1ccc([C@H](C(=O)NC[C@H]2CCCO2)N(C(=O)Cn2nnc3ccccc32)c2ccc(F)cc2)cc1. The van der Waals surface area contributed by atoms with Crippen LogP contribution < -0.4 is 15.1 Å². The number of anilines is 2. The first-order valence-electron chi connectivity index (χ1n) is 12.9. The van der Waals surface area contributed by atoms with Crippen molar-refractivity contribution in [3.8, 4) is 0 Å². The Labute approximate surface area is 226 Å². The van der Waals surface area contributed by atoms with Crippen molar-refractivity contribution in [1.82, 2.24) is 20.3 Å². The van der Waals surface area contributed by atoms with Crippen LogP contribution in [0.4, 0.5) is 15.8 Å². The maximum absolute atomic E-state index is 14.0. The number of hydrogen-bond donors (Lipinski definition) is 1. The van der Waals surface area contributed by atoms with Gasteiger partial charge in [-0.15, -0.1) is 5.10 Å². The van der Waals surface area contributed by atoms with Gasteiger partial charge < -0.3 is 15.0 Å². The predicted molar refractivity (Wildman–Crippen MR) is 147 cm³/mol. The third-order valence-electron chi connectivity index (χ3n) is 6.84. The van der Waals surface area contributed by atoms with Crippen LogP contribution in [-0.4, -0.2) is 60.2 Å². The van der Waals surface area contributed by atoms with Crippen LogP contribution in [0.5, 0.6) is 0 Å². The van der Waals surface area contributed by atoms with Crippen LogP contribution in [0, 0.1) is 5.82 Å². The van der Waals surface area contributed by atoms with Crippen LogP contribution in [-0.2, 0) is 20.9 Å². The summed E-state index contributed by atoms with van der Waals surface area (Å²) in [6.07, 6.45) is 1.74. The number of carbonyl (C=O) groups is 2. The summed E-state index contributed by atoms with van der Waals surface area (Å²) in [4.78, 5) is 31.2. The number of aromatic nitrogens is 3. The van der Waals surface area contributed by atoms with Gasteiger partial charge in [-0.2, -0.15) is 0 Å². The molecule has 0 bridgehead atoms. The zero-order valence-electron chi connectivity index (χ0n) is 22.0. The van der Waals surface area contributed by atoms with E-state index in [1.165, 1.54) is 33.8 Å². The minimum absolute atomic E-state index is 0.0674. The van der Waals surface area contributed by atoms with Gasteiger partial charge in [0.2, 0.25) is 11.8 Å². The second kappa shape index (κ2) is 11.6. The summed E-state index contributed by atoms with van der Waals surface area (Å²) in [6, 6.07) is 19.3. The lowest BCUT2D eigenvalue weighted by Crippen LogP contribution is -2.46. The maximum atomic E-state index is 14.0. The molecule has 1 aliphatic heterocycles. The molecule has 4 aromatic rings. The quantitative estimate of drug-likeness (QED) is 0.355. The second-order valence-corrected chi connectivity index (χ2v) is 9.74. The molecule has 2 amide bonds. The molecule has 1 aliphatic rings. The first-order valence-corrected chi connectivity index (χ1v) is 12.9. The van der Waals surface area contributed by atoms with Gasteiger partial charge in [-0.3, -0.25) is 14.5 Å². The van der Waals surface area contributed by atoms with E-state index in [9.17, 15) is 14.0 Å². The van der Waals surface area contributed by atoms with Gasteiger partial charge in [-0.25, -0.2) is 9.07 Å². The lowest BCUT2D eigenvalue weighted by Gasteiger charge is -2.32. The highest BCUT2D eigenvalue weighted by atomic mass is 19.1. The molecule has 5 rings (SSSR count). The fraction of sp³-hybridized carbons (Fsp3) is 0.310. The number of ether oxygens (including phenoxy) is 1. The summed E-state index contributed by atoms with van der Waals surface area (Å²) in [7, 11) is 3.86. The van der Waals surface area contributed by atoms with E-state index in [0.29, 0.717) is 35.4 Å². The highest BCUT2D eigenvalue weighted by molar-refractivity contribution is 6.01. The molecule has 2 atom stereocenters. The first kappa shape index (κ1) is 26.3. The Balaban J connectivity index is 1.54. The highest BCUT2D eigenvalue weighted by Crippen LogP contribution is 2.30. The zero-order valence-corrected chi connectivity index (χ0v) is 22.0. The number of halogens is 1. The summed E-state index contributed by atoms with van der Waals surface area (Å²) < 4.78 is 21.1. The van der Waals surface area contributed by atoms with Gasteiger partial charge in [-0.1, -0.05) is 29.5 Å². The highest BCUT2D eigenvalue weighted by Gasteiger charge is 2.34. The van der Waals surface area contributed by atoms with Crippen molar-refractivity contribution in [2.45, 2.75) is 31.5 Å². The molecule has 0 aliphatic carbocycles. The Hall–Kier alpha value is -4.31. The van der Waals surface area contributed by atoms with E-state index in [2.05, 4.69) is 15.6 Å². The van der Waals surface area contributed by atoms with Crippen LogP contribution in [0.15, 0.2) is 72.8 Å². The number of nitrogens with zero attached hydrogens (tertiary/aromatic N) is 5. The molecule has 1 fully saturated rings. The van der Waals surface area contributed by atoms with Crippen molar-refractivity contribution >= 4 is 34.2 Å². The fourth-order valence-electron chi connectivity index (χ4n) is 4.77. The second-order valence-electron chi connectivity index (χ2n) is 9.74. The molecule has 0 spiro atoms. The topological polar surface area (TPSA) is 92.6 Å². The summed E-state index contributed by atoms with van der Waals surface area (Å²) >= 11 is 0. The van der Waals surface area contributed by atoms with Crippen LogP contribution in [0.1, 0.15) is 24.4 Å². The Kier molecular flexibility index (Phi) is 7.83. The van der Waals surface area contributed by atoms with Gasteiger partial charge in [0.15, 0.2) is 0 Å². The van der Waals surface area contributed by atoms with E-state index >= 15 is 0 Å². The number of amides is 2. The molecule has 10 heteroatoms. The zero-order chi connectivity index (χ0) is 27.4. The molecule has 2 heterocycles. The summed E-state index contributed by atoms with van der Waals surface area (Å²) in [6.45, 7) is 0.843. The average molecular weight is 531 g/mol. The van der Waals surface area contributed by atoms with Gasteiger partial charge in [0.1, 0.15) is 23.9 Å². The Bertz CT molecular complexity index is 1430. The molecule has 1 saturated heterocycles. The van der Waals surface area contributed by atoms with E-state index < -0.39 is 17.8 Å². The van der Waals surface area contributed by atoms with Crippen molar-refractivity contribution in [2.75, 3.05) is 37.0 Å². The smallest absolute Gasteiger partial charge is 0.249 e. The van der Waals surface area contributed by atoms with Crippen molar-refractivity contribution in [2.24, 2.45) is 0 Å². The van der Waals surface area contributed by atoms with E-state index in [1.807, 2.05) is 67.5 Å². The minimum atomic E-state index is -1.02. The molecular formula is C29H31FN6O3. The van der Waals surface area contributed by atoms with Gasteiger partial charge in [-0.05, 0) is 66.9 Å². The van der Waals surface area contributed by atoms with Gasteiger partial charge in [0.05, 0.1) is 11.6 Å². The number of carbonyl (C=O) groups excluding carboxylic acids is 2. The monoisotopic (exact) mass is 530 g/mol. The average Bonchev–Trinajstić information content (AvgIpc) is 3.61. The Morgan fingerprint density at radius 1 is 1.05 bits per heavy atom. The van der Waals surface area contributed by atoms with Gasteiger partial charge in [0.25, 0.3) is 0 Å². The normalized spacial score (nSPS) is 15.7. The summed E-state index contributed by atoms with van der Waals surface area (Å²) in [5, 5.41) is 11.3. The number of fused-ring (bicyclic) bond motifs is 1.